The quantitative estimate of drug-likeness (QED) is 0.846. The number of thioether (sulfide) groups is 1. The highest BCUT2D eigenvalue weighted by atomic mass is 35.5. The van der Waals surface area contributed by atoms with Gasteiger partial charge in [-0.25, -0.2) is 0 Å². The smallest absolute Gasteiger partial charge is 0.126 e. The molecular formula is C10H11ClO2S. The van der Waals surface area contributed by atoms with E-state index < -0.39 is 5.60 Å². The van der Waals surface area contributed by atoms with Crippen LogP contribution < -0.4 is 4.74 Å². The van der Waals surface area contributed by atoms with Crippen molar-refractivity contribution in [2.45, 2.75) is 5.60 Å². The molecule has 0 amide bonds. The van der Waals surface area contributed by atoms with Crippen LogP contribution in [0.15, 0.2) is 18.2 Å². The average Bonchev–Trinajstić information content (AvgIpc) is 2.14. The van der Waals surface area contributed by atoms with E-state index in [0.717, 1.165) is 5.56 Å². The van der Waals surface area contributed by atoms with Crippen molar-refractivity contribution in [2.75, 3.05) is 18.6 Å². The summed E-state index contributed by atoms with van der Waals surface area (Å²) in [6.45, 7) is 0. The van der Waals surface area contributed by atoms with Crippen molar-refractivity contribution < 1.29 is 9.84 Å². The fourth-order valence-electron chi connectivity index (χ4n) is 1.57. The summed E-state index contributed by atoms with van der Waals surface area (Å²) in [4.78, 5) is 0. The molecule has 0 atom stereocenters. The third kappa shape index (κ3) is 1.49. The van der Waals surface area contributed by atoms with Crippen molar-refractivity contribution in [3.8, 4) is 5.75 Å². The predicted molar refractivity (Wildman–Crippen MR) is 59.2 cm³/mol. The summed E-state index contributed by atoms with van der Waals surface area (Å²) in [5.74, 6) is 2.04. The van der Waals surface area contributed by atoms with E-state index in [4.69, 9.17) is 16.3 Å². The van der Waals surface area contributed by atoms with Crippen LogP contribution in [0.25, 0.3) is 0 Å². The van der Waals surface area contributed by atoms with E-state index in [9.17, 15) is 5.11 Å². The van der Waals surface area contributed by atoms with Gasteiger partial charge in [0.25, 0.3) is 0 Å². The number of aliphatic hydroxyl groups is 1. The molecule has 0 saturated carbocycles. The van der Waals surface area contributed by atoms with E-state index in [0.29, 0.717) is 22.3 Å². The van der Waals surface area contributed by atoms with Crippen molar-refractivity contribution in [1.82, 2.24) is 0 Å². The van der Waals surface area contributed by atoms with Crippen LogP contribution in [0.3, 0.4) is 0 Å². The fraction of sp³-hybridized carbons (Fsp3) is 0.400. The van der Waals surface area contributed by atoms with E-state index in [2.05, 4.69) is 0 Å². The van der Waals surface area contributed by atoms with Gasteiger partial charge < -0.3 is 9.84 Å². The van der Waals surface area contributed by atoms with E-state index in [-0.39, 0.29) is 0 Å². The van der Waals surface area contributed by atoms with Crippen molar-refractivity contribution in [1.29, 1.82) is 0 Å². The molecule has 1 aromatic carbocycles. The van der Waals surface area contributed by atoms with Gasteiger partial charge in [0.05, 0.1) is 12.1 Å². The topological polar surface area (TPSA) is 29.5 Å². The standard InChI is InChI=1S/C10H11ClO2S/c1-13-8-4-2-3-7(11)9(8)10(12)5-14-6-10/h2-4,12H,5-6H2,1H3. The highest BCUT2D eigenvalue weighted by Crippen LogP contribution is 2.45. The molecule has 0 unspecified atom stereocenters. The molecular weight excluding hydrogens is 220 g/mol. The molecule has 1 aliphatic heterocycles. The second kappa shape index (κ2) is 3.65. The van der Waals surface area contributed by atoms with Gasteiger partial charge >= 0.3 is 0 Å². The monoisotopic (exact) mass is 230 g/mol. The Morgan fingerprint density at radius 1 is 1.50 bits per heavy atom. The molecule has 2 nitrogen and oxygen atoms in total. The first-order valence-corrected chi connectivity index (χ1v) is 5.84. The maximum Gasteiger partial charge on any atom is 0.126 e. The first-order chi connectivity index (χ1) is 6.67. The lowest BCUT2D eigenvalue weighted by Crippen LogP contribution is -2.40. The normalized spacial score (nSPS) is 18.8. The van der Waals surface area contributed by atoms with Crippen LogP contribution in [0.2, 0.25) is 5.02 Å². The minimum Gasteiger partial charge on any atom is -0.496 e. The lowest BCUT2D eigenvalue weighted by Gasteiger charge is -2.37. The lowest BCUT2D eigenvalue weighted by atomic mass is 9.96. The Balaban J connectivity index is 2.49. The summed E-state index contributed by atoms with van der Waals surface area (Å²) in [7, 11) is 1.59. The van der Waals surface area contributed by atoms with Gasteiger partial charge in [-0.2, -0.15) is 11.8 Å². The van der Waals surface area contributed by atoms with Crippen LogP contribution in [0.5, 0.6) is 5.75 Å². The summed E-state index contributed by atoms with van der Waals surface area (Å²) >= 11 is 7.76. The number of halogens is 1. The van der Waals surface area contributed by atoms with Crippen molar-refractivity contribution in [3.05, 3.63) is 28.8 Å². The third-order valence-electron chi connectivity index (χ3n) is 2.34. The highest BCUT2D eigenvalue weighted by Gasteiger charge is 2.41. The average molecular weight is 231 g/mol. The Labute approximate surface area is 92.2 Å². The zero-order valence-electron chi connectivity index (χ0n) is 7.79. The molecule has 2 rings (SSSR count). The number of methoxy groups -OCH3 is 1. The number of benzene rings is 1. The van der Waals surface area contributed by atoms with Crippen LogP contribution in [-0.4, -0.2) is 23.7 Å². The summed E-state index contributed by atoms with van der Waals surface area (Å²) in [5.41, 5.74) is -0.0723. The van der Waals surface area contributed by atoms with Crippen molar-refractivity contribution in [3.63, 3.8) is 0 Å². The number of rotatable bonds is 2. The summed E-state index contributed by atoms with van der Waals surface area (Å²) < 4.78 is 5.19. The van der Waals surface area contributed by atoms with Gasteiger partial charge in [0.15, 0.2) is 0 Å². The van der Waals surface area contributed by atoms with Gasteiger partial charge in [0.2, 0.25) is 0 Å². The van der Waals surface area contributed by atoms with Crippen LogP contribution in [0.1, 0.15) is 5.56 Å². The van der Waals surface area contributed by atoms with Crippen LogP contribution in [0, 0.1) is 0 Å². The molecule has 1 N–H and O–H groups in total. The Bertz CT molecular complexity index is 350. The minimum atomic E-state index is -0.797. The SMILES string of the molecule is COc1cccc(Cl)c1C1(O)CSC1. The van der Waals surface area contributed by atoms with E-state index in [1.807, 2.05) is 12.1 Å². The van der Waals surface area contributed by atoms with Crippen LogP contribution in [0.4, 0.5) is 0 Å². The van der Waals surface area contributed by atoms with Gasteiger partial charge in [0.1, 0.15) is 11.4 Å². The zero-order chi connectivity index (χ0) is 10.2. The first-order valence-electron chi connectivity index (χ1n) is 4.30. The second-order valence-electron chi connectivity index (χ2n) is 3.34. The maximum absolute atomic E-state index is 10.2. The second-order valence-corrected chi connectivity index (χ2v) is 4.73. The number of hydrogen-bond acceptors (Lipinski definition) is 3. The van der Waals surface area contributed by atoms with E-state index in [1.165, 1.54) is 0 Å². The van der Waals surface area contributed by atoms with Crippen molar-refractivity contribution in [2.24, 2.45) is 0 Å². The molecule has 0 aliphatic carbocycles. The summed E-state index contributed by atoms with van der Waals surface area (Å²) in [6.07, 6.45) is 0. The van der Waals surface area contributed by atoms with Crippen molar-refractivity contribution >= 4 is 23.4 Å². The fourth-order valence-corrected chi connectivity index (χ4v) is 2.79. The first kappa shape index (κ1) is 10.1. The number of ether oxygens (including phenoxy) is 1. The third-order valence-corrected chi connectivity index (χ3v) is 4.02. The van der Waals surface area contributed by atoms with Crippen LogP contribution >= 0.6 is 23.4 Å². The molecule has 1 saturated heterocycles. The number of hydrogen-bond donors (Lipinski definition) is 1. The minimum absolute atomic E-state index is 0.576. The maximum atomic E-state index is 10.2. The molecule has 1 fully saturated rings. The van der Waals surface area contributed by atoms with Gasteiger partial charge in [-0.3, -0.25) is 0 Å². The van der Waals surface area contributed by atoms with Crippen LogP contribution in [-0.2, 0) is 5.60 Å². The molecule has 0 aromatic heterocycles. The highest BCUT2D eigenvalue weighted by molar-refractivity contribution is 8.00. The molecule has 0 radical (unpaired) electrons. The Hall–Kier alpha value is -0.380. The Kier molecular flexibility index (Phi) is 2.64. The molecule has 76 valence electrons. The molecule has 4 heteroatoms. The van der Waals surface area contributed by atoms with Gasteiger partial charge in [-0.1, -0.05) is 17.7 Å². The van der Waals surface area contributed by atoms with Gasteiger partial charge in [-0.15, -0.1) is 0 Å². The molecule has 1 aliphatic rings. The summed E-state index contributed by atoms with van der Waals surface area (Å²) in [5, 5.41) is 10.8. The molecule has 0 bridgehead atoms. The van der Waals surface area contributed by atoms with E-state index >= 15 is 0 Å². The molecule has 14 heavy (non-hydrogen) atoms. The molecule has 0 spiro atoms. The largest absolute Gasteiger partial charge is 0.496 e. The van der Waals surface area contributed by atoms with Gasteiger partial charge in [-0.05, 0) is 12.1 Å². The Morgan fingerprint density at radius 3 is 2.71 bits per heavy atom. The van der Waals surface area contributed by atoms with Gasteiger partial charge in [0, 0.05) is 17.1 Å². The molecule has 1 aromatic rings. The molecule has 1 heterocycles. The Morgan fingerprint density at radius 2 is 2.21 bits per heavy atom. The summed E-state index contributed by atoms with van der Waals surface area (Å²) in [6, 6.07) is 5.42. The zero-order valence-corrected chi connectivity index (χ0v) is 9.36. The predicted octanol–water partition coefficient (Wildman–Crippen LogP) is 2.28. The van der Waals surface area contributed by atoms with E-state index in [1.54, 1.807) is 24.9 Å². The lowest BCUT2D eigenvalue weighted by molar-refractivity contribution is 0.0741.